The largest absolute Gasteiger partial charge is 0.388 e. The Balaban J connectivity index is 2.36. The maximum absolute atomic E-state index is 13.0. The first-order valence-corrected chi connectivity index (χ1v) is 5.59. The van der Waals surface area contributed by atoms with Crippen LogP contribution in [0.1, 0.15) is 24.5 Å². The van der Waals surface area contributed by atoms with Gasteiger partial charge in [-0.15, -0.1) is 0 Å². The number of hydrogen-bond donors (Lipinski definition) is 1. The van der Waals surface area contributed by atoms with Gasteiger partial charge in [-0.2, -0.15) is 0 Å². The zero-order valence-corrected chi connectivity index (χ0v) is 9.65. The SMILES string of the molecule is OC(c1cc(Cl)c(F)cc1Br)C1CC1. The highest BCUT2D eigenvalue weighted by Crippen LogP contribution is 2.43. The maximum atomic E-state index is 13.0. The van der Waals surface area contributed by atoms with Crippen LogP contribution in [-0.4, -0.2) is 5.11 Å². The molecule has 76 valence electrons. The molecule has 1 atom stereocenters. The van der Waals surface area contributed by atoms with Crippen molar-refractivity contribution in [3.63, 3.8) is 0 Å². The molecule has 1 aromatic rings. The molecule has 0 spiro atoms. The molecule has 1 aliphatic rings. The highest BCUT2D eigenvalue weighted by molar-refractivity contribution is 9.10. The minimum Gasteiger partial charge on any atom is -0.388 e. The summed E-state index contributed by atoms with van der Waals surface area (Å²) in [6, 6.07) is 2.78. The predicted octanol–water partition coefficient (Wildman–Crippen LogP) is 3.69. The second kappa shape index (κ2) is 3.80. The molecule has 1 nitrogen and oxygen atoms in total. The molecule has 0 radical (unpaired) electrons. The van der Waals surface area contributed by atoms with Gasteiger partial charge in [0.25, 0.3) is 0 Å². The molecule has 0 saturated heterocycles. The normalized spacial score (nSPS) is 18.3. The molecule has 0 bridgehead atoms. The molecular formula is C10H9BrClFO. The molecule has 1 aromatic carbocycles. The van der Waals surface area contributed by atoms with E-state index in [0.29, 0.717) is 16.0 Å². The van der Waals surface area contributed by atoms with E-state index in [1.54, 1.807) is 0 Å². The van der Waals surface area contributed by atoms with Gasteiger partial charge in [-0.1, -0.05) is 27.5 Å². The van der Waals surface area contributed by atoms with Crippen LogP contribution in [0.2, 0.25) is 5.02 Å². The molecule has 0 aliphatic heterocycles. The first-order valence-electron chi connectivity index (χ1n) is 4.42. The van der Waals surface area contributed by atoms with E-state index in [1.165, 1.54) is 12.1 Å². The quantitative estimate of drug-likeness (QED) is 0.819. The Bertz CT molecular complexity index is 365. The molecule has 14 heavy (non-hydrogen) atoms. The van der Waals surface area contributed by atoms with E-state index in [4.69, 9.17) is 11.6 Å². The fourth-order valence-corrected chi connectivity index (χ4v) is 2.15. The highest BCUT2D eigenvalue weighted by Gasteiger charge is 2.32. The lowest BCUT2D eigenvalue weighted by atomic mass is 10.1. The van der Waals surface area contributed by atoms with Crippen molar-refractivity contribution in [3.8, 4) is 0 Å². The summed E-state index contributed by atoms with van der Waals surface area (Å²) in [5.74, 6) is -0.155. The molecule has 1 fully saturated rings. The molecule has 4 heteroatoms. The van der Waals surface area contributed by atoms with Crippen molar-refractivity contribution < 1.29 is 9.50 Å². The van der Waals surface area contributed by atoms with Crippen molar-refractivity contribution >= 4 is 27.5 Å². The molecule has 1 unspecified atom stereocenters. The van der Waals surface area contributed by atoms with E-state index in [-0.39, 0.29) is 5.02 Å². The van der Waals surface area contributed by atoms with Gasteiger partial charge in [-0.3, -0.25) is 0 Å². The summed E-state index contributed by atoms with van der Waals surface area (Å²) in [6.45, 7) is 0. The van der Waals surface area contributed by atoms with Crippen molar-refractivity contribution in [1.29, 1.82) is 0 Å². The standard InChI is InChI=1S/C10H9BrClFO/c11-7-4-9(13)8(12)3-6(7)10(14)5-1-2-5/h3-5,10,14H,1-2H2. The lowest BCUT2D eigenvalue weighted by Gasteiger charge is -2.12. The van der Waals surface area contributed by atoms with Crippen LogP contribution >= 0.6 is 27.5 Å². The molecule has 1 saturated carbocycles. The van der Waals surface area contributed by atoms with Gasteiger partial charge in [0.05, 0.1) is 11.1 Å². The molecule has 2 rings (SSSR count). The fourth-order valence-electron chi connectivity index (χ4n) is 1.43. The number of halogens is 3. The monoisotopic (exact) mass is 278 g/mol. The van der Waals surface area contributed by atoms with Gasteiger partial charge in [0.15, 0.2) is 0 Å². The van der Waals surface area contributed by atoms with Crippen molar-refractivity contribution in [2.75, 3.05) is 0 Å². The average molecular weight is 280 g/mol. The summed E-state index contributed by atoms with van der Waals surface area (Å²) in [5, 5.41) is 9.90. The summed E-state index contributed by atoms with van der Waals surface area (Å²) in [5.41, 5.74) is 0.680. The molecular weight excluding hydrogens is 270 g/mol. The van der Waals surface area contributed by atoms with Gasteiger partial charge in [-0.05, 0) is 36.5 Å². The number of aliphatic hydroxyl groups excluding tert-OH is 1. The average Bonchev–Trinajstić information content (AvgIpc) is 2.93. The Morgan fingerprint density at radius 3 is 2.71 bits per heavy atom. The smallest absolute Gasteiger partial charge is 0.142 e. The molecule has 1 aliphatic carbocycles. The second-order valence-electron chi connectivity index (χ2n) is 3.57. The van der Waals surface area contributed by atoms with Crippen LogP contribution in [-0.2, 0) is 0 Å². The molecule has 0 heterocycles. The van der Waals surface area contributed by atoms with E-state index in [9.17, 15) is 9.50 Å². The highest BCUT2D eigenvalue weighted by atomic mass is 79.9. The summed E-state index contributed by atoms with van der Waals surface area (Å²) in [6.07, 6.45) is 1.54. The number of benzene rings is 1. The van der Waals surface area contributed by atoms with Gasteiger partial charge < -0.3 is 5.11 Å². The Kier molecular flexibility index (Phi) is 2.82. The van der Waals surface area contributed by atoms with Gasteiger partial charge in [0, 0.05) is 4.47 Å². The summed E-state index contributed by atoms with van der Waals surface area (Å²) in [4.78, 5) is 0. The lowest BCUT2D eigenvalue weighted by Crippen LogP contribution is -2.01. The van der Waals surface area contributed by atoms with E-state index in [2.05, 4.69) is 15.9 Å². The van der Waals surface area contributed by atoms with Crippen LogP contribution in [0.4, 0.5) is 4.39 Å². The predicted molar refractivity (Wildman–Crippen MR) is 56.8 cm³/mol. The summed E-state index contributed by atoms with van der Waals surface area (Å²) in [7, 11) is 0. The van der Waals surface area contributed by atoms with E-state index >= 15 is 0 Å². The Morgan fingerprint density at radius 2 is 2.14 bits per heavy atom. The third kappa shape index (κ3) is 1.95. The van der Waals surface area contributed by atoms with Crippen LogP contribution < -0.4 is 0 Å². The fraction of sp³-hybridized carbons (Fsp3) is 0.400. The molecule has 1 N–H and O–H groups in total. The van der Waals surface area contributed by atoms with E-state index < -0.39 is 11.9 Å². The number of rotatable bonds is 2. The van der Waals surface area contributed by atoms with Crippen LogP contribution in [0, 0.1) is 11.7 Å². The zero-order valence-electron chi connectivity index (χ0n) is 7.30. The minimum atomic E-state index is -0.525. The number of aliphatic hydroxyl groups is 1. The van der Waals surface area contributed by atoms with Crippen molar-refractivity contribution in [1.82, 2.24) is 0 Å². The molecule has 0 amide bonds. The Labute approximate surface area is 95.0 Å². The Morgan fingerprint density at radius 1 is 1.50 bits per heavy atom. The first kappa shape index (κ1) is 10.4. The van der Waals surface area contributed by atoms with Crippen LogP contribution in [0.3, 0.4) is 0 Å². The van der Waals surface area contributed by atoms with Gasteiger partial charge >= 0.3 is 0 Å². The first-order chi connectivity index (χ1) is 6.59. The topological polar surface area (TPSA) is 20.2 Å². The van der Waals surface area contributed by atoms with Crippen LogP contribution in [0.15, 0.2) is 16.6 Å². The minimum absolute atomic E-state index is 0.0582. The van der Waals surface area contributed by atoms with E-state index in [1.807, 2.05) is 0 Å². The maximum Gasteiger partial charge on any atom is 0.142 e. The number of hydrogen-bond acceptors (Lipinski definition) is 1. The Hall–Kier alpha value is -0.120. The second-order valence-corrected chi connectivity index (χ2v) is 4.83. The van der Waals surface area contributed by atoms with Gasteiger partial charge in [0.2, 0.25) is 0 Å². The summed E-state index contributed by atoms with van der Waals surface area (Å²) < 4.78 is 13.6. The zero-order chi connectivity index (χ0) is 10.3. The van der Waals surface area contributed by atoms with Gasteiger partial charge in [-0.25, -0.2) is 4.39 Å². The third-order valence-corrected chi connectivity index (χ3v) is 3.40. The van der Waals surface area contributed by atoms with Crippen molar-refractivity contribution in [2.45, 2.75) is 18.9 Å². The lowest BCUT2D eigenvalue weighted by molar-refractivity contribution is 0.153. The third-order valence-electron chi connectivity index (χ3n) is 2.43. The van der Waals surface area contributed by atoms with Crippen LogP contribution in [0.25, 0.3) is 0 Å². The summed E-state index contributed by atoms with van der Waals surface area (Å²) >= 11 is 8.87. The van der Waals surface area contributed by atoms with Crippen molar-refractivity contribution in [3.05, 3.63) is 33.0 Å². The van der Waals surface area contributed by atoms with E-state index in [0.717, 1.165) is 12.8 Å². The van der Waals surface area contributed by atoms with Crippen molar-refractivity contribution in [2.24, 2.45) is 5.92 Å². The van der Waals surface area contributed by atoms with Gasteiger partial charge in [0.1, 0.15) is 5.82 Å². The van der Waals surface area contributed by atoms with Crippen LogP contribution in [0.5, 0.6) is 0 Å². The molecule has 0 aromatic heterocycles.